The summed E-state index contributed by atoms with van der Waals surface area (Å²) in [5.74, 6) is -1.29. The highest BCUT2D eigenvalue weighted by Gasteiger charge is 2.22. The predicted octanol–water partition coefficient (Wildman–Crippen LogP) is 3.00. The highest BCUT2D eigenvalue weighted by atomic mass is 32.2. The number of ether oxygens (including phenoxy) is 1. The number of nitro groups is 1. The number of hydrogen-bond donors (Lipinski definition) is 2. The van der Waals surface area contributed by atoms with Gasteiger partial charge < -0.3 is 10.1 Å². The van der Waals surface area contributed by atoms with Crippen LogP contribution in [-0.4, -0.2) is 37.9 Å². The van der Waals surface area contributed by atoms with Crippen molar-refractivity contribution in [2.75, 3.05) is 11.3 Å². The minimum Gasteiger partial charge on any atom is -0.452 e. The van der Waals surface area contributed by atoms with Gasteiger partial charge in [0.05, 0.1) is 21.1 Å². The average Bonchev–Trinajstić information content (AvgIpc) is 2.78. The SMILES string of the molecule is O=C(COC(=O)c1ccccc1NS(=O)(=O)c1cccc([N+](=O)[O-])c1)NC1CCCCC1. The third kappa shape index (κ3) is 6.03. The smallest absolute Gasteiger partial charge is 0.340 e. The van der Waals surface area contributed by atoms with Crippen LogP contribution in [0, 0.1) is 10.1 Å². The van der Waals surface area contributed by atoms with Crippen molar-refractivity contribution in [3.8, 4) is 0 Å². The summed E-state index contributed by atoms with van der Waals surface area (Å²) in [6.45, 7) is -0.485. The maximum Gasteiger partial charge on any atom is 0.340 e. The predicted molar refractivity (Wildman–Crippen MR) is 116 cm³/mol. The van der Waals surface area contributed by atoms with Crippen LogP contribution in [0.2, 0.25) is 0 Å². The Morgan fingerprint density at radius 1 is 1.06 bits per heavy atom. The van der Waals surface area contributed by atoms with E-state index in [9.17, 15) is 28.1 Å². The zero-order chi connectivity index (χ0) is 23.1. The third-order valence-corrected chi connectivity index (χ3v) is 6.40. The van der Waals surface area contributed by atoms with Crippen molar-refractivity contribution < 1.29 is 27.7 Å². The Morgan fingerprint density at radius 3 is 2.50 bits per heavy atom. The van der Waals surface area contributed by atoms with Crippen LogP contribution in [-0.2, 0) is 19.6 Å². The molecule has 10 nitrogen and oxygen atoms in total. The number of non-ortho nitro benzene ring substituents is 1. The molecule has 0 saturated heterocycles. The van der Waals surface area contributed by atoms with Crippen LogP contribution in [0.5, 0.6) is 0 Å². The summed E-state index contributed by atoms with van der Waals surface area (Å²) >= 11 is 0. The second-order valence-corrected chi connectivity index (χ2v) is 9.07. The summed E-state index contributed by atoms with van der Waals surface area (Å²) in [6, 6.07) is 10.3. The van der Waals surface area contributed by atoms with E-state index in [2.05, 4.69) is 10.0 Å². The van der Waals surface area contributed by atoms with E-state index in [1.54, 1.807) is 0 Å². The van der Waals surface area contributed by atoms with Gasteiger partial charge in [-0.3, -0.25) is 19.6 Å². The lowest BCUT2D eigenvalue weighted by atomic mass is 9.95. The number of hydrogen-bond acceptors (Lipinski definition) is 7. The van der Waals surface area contributed by atoms with E-state index in [0.29, 0.717) is 0 Å². The summed E-state index contributed by atoms with van der Waals surface area (Å²) < 4.78 is 32.7. The minimum absolute atomic E-state index is 0.0725. The summed E-state index contributed by atoms with van der Waals surface area (Å²) in [5.41, 5.74) is -0.548. The van der Waals surface area contributed by atoms with E-state index >= 15 is 0 Å². The Hall–Kier alpha value is -3.47. The molecular weight excluding hydrogens is 438 g/mol. The van der Waals surface area contributed by atoms with Crippen molar-refractivity contribution in [2.45, 2.75) is 43.0 Å². The highest BCUT2D eigenvalue weighted by molar-refractivity contribution is 7.92. The fourth-order valence-corrected chi connectivity index (χ4v) is 4.56. The molecule has 2 aromatic carbocycles. The number of nitrogens with one attached hydrogen (secondary N) is 2. The van der Waals surface area contributed by atoms with Crippen molar-refractivity contribution in [3.05, 3.63) is 64.2 Å². The van der Waals surface area contributed by atoms with Crippen LogP contribution < -0.4 is 10.0 Å². The maximum atomic E-state index is 12.7. The van der Waals surface area contributed by atoms with Crippen LogP contribution in [0.1, 0.15) is 42.5 Å². The van der Waals surface area contributed by atoms with Gasteiger partial charge in [-0.2, -0.15) is 0 Å². The first-order valence-electron chi connectivity index (χ1n) is 10.1. The van der Waals surface area contributed by atoms with E-state index < -0.39 is 33.4 Å². The molecule has 0 unspecified atom stereocenters. The number of para-hydroxylation sites is 1. The lowest BCUT2D eigenvalue weighted by molar-refractivity contribution is -0.385. The molecule has 0 radical (unpaired) electrons. The first-order valence-corrected chi connectivity index (χ1v) is 11.6. The van der Waals surface area contributed by atoms with Crippen molar-refractivity contribution in [3.63, 3.8) is 0 Å². The molecule has 1 aliphatic rings. The molecule has 11 heteroatoms. The lowest BCUT2D eigenvalue weighted by Gasteiger charge is -2.22. The normalized spacial score (nSPS) is 14.4. The second kappa shape index (κ2) is 10.2. The highest BCUT2D eigenvalue weighted by Crippen LogP contribution is 2.23. The fourth-order valence-electron chi connectivity index (χ4n) is 3.44. The number of anilines is 1. The van der Waals surface area contributed by atoms with E-state index in [1.807, 2.05) is 0 Å². The number of carbonyl (C=O) groups excluding carboxylic acids is 2. The van der Waals surface area contributed by atoms with Gasteiger partial charge in [0.1, 0.15) is 0 Å². The number of esters is 1. The third-order valence-electron chi connectivity index (χ3n) is 5.03. The van der Waals surface area contributed by atoms with Crippen molar-refractivity contribution in [1.82, 2.24) is 5.32 Å². The van der Waals surface area contributed by atoms with Crippen LogP contribution in [0.3, 0.4) is 0 Å². The number of rotatable bonds is 8. The summed E-state index contributed by atoms with van der Waals surface area (Å²) in [7, 11) is -4.22. The molecule has 2 N–H and O–H groups in total. The molecule has 32 heavy (non-hydrogen) atoms. The second-order valence-electron chi connectivity index (χ2n) is 7.38. The quantitative estimate of drug-likeness (QED) is 0.349. The first-order chi connectivity index (χ1) is 15.3. The molecule has 1 saturated carbocycles. The van der Waals surface area contributed by atoms with Gasteiger partial charge in [-0.25, -0.2) is 13.2 Å². The standard InChI is InChI=1S/C21H23N3O7S/c25-20(22-15-7-2-1-3-8-15)14-31-21(26)18-11-4-5-12-19(18)23-32(29,30)17-10-6-9-16(13-17)24(27)28/h4-6,9-13,15,23H,1-3,7-8,14H2,(H,22,25). The molecule has 0 aromatic heterocycles. The molecule has 3 rings (SSSR count). The van der Waals surface area contributed by atoms with E-state index in [1.165, 1.54) is 42.5 Å². The molecule has 170 valence electrons. The number of nitrogens with zero attached hydrogens (tertiary/aromatic N) is 1. The maximum absolute atomic E-state index is 12.7. The Bertz CT molecular complexity index is 1110. The van der Waals surface area contributed by atoms with E-state index in [0.717, 1.165) is 38.2 Å². The van der Waals surface area contributed by atoms with Crippen LogP contribution in [0.25, 0.3) is 0 Å². The number of amides is 1. The van der Waals surface area contributed by atoms with Gasteiger partial charge in [-0.15, -0.1) is 0 Å². The molecule has 0 heterocycles. The zero-order valence-corrected chi connectivity index (χ0v) is 18.0. The van der Waals surface area contributed by atoms with Crippen LogP contribution in [0.15, 0.2) is 53.4 Å². The Balaban J connectivity index is 1.68. The van der Waals surface area contributed by atoms with Gasteiger partial charge >= 0.3 is 5.97 Å². The Morgan fingerprint density at radius 2 is 1.78 bits per heavy atom. The van der Waals surface area contributed by atoms with Crippen LogP contribution >= 0.6 is 0 Å². The fraction of sp³-hybridized carbons (Fsp3) is 0.333. The number of carbonyl (C=O) groups is 2. The van der Waals surface area contributed by atoms with Gasteiger partial charge in [0, 0.05) is 18.2 Å². The topological polar surface area (TPSA) is 145 Å². The molecule has 1 aliphatic carbocycles. The van der Waals surface area contributed by atoms with Crippen LogP contribution in [0.4, 0.5) is 11.4 Å². The van der Waals surface area contributed by atoms with Crippen molar-refractivity contribution in [2.24, 2.45) is 0 Å². The molecule has 2 aromatic rings. The van der Waals surface area contributed by atoms with Gasteiger partial charge in [-0.1, -0.05) is 37.5 Å². The first kappa shape index (κ1) is 23.2. The monoisotopic (exact) mass is 461 g/mol. The number of sulfonamides is 1. The van der Waals surface area contributed by atoms with Gasteiger partial charge in [0.2, 0.25) is 0 Å². The molecule has 0 atom stereocenters. The minimum atomic E-state index is -4.22. The molecule has 1 amide bonds. The molecule has 0 aliphatic heterocycles. The van der Waals surface area contributed by atoms with Crippen molar-refractivity contribution in [1.29, 1.82) is 0 Å². The molecule has 1 fully saturated rings. The largest absolute Gasteiger partial charge is 0.452 e. The van der Waals surface area contributed by atoms with E-state index in [4.69, 9.17) is 4.74 Å². The summed E-state index contributed by atoms with van der Waals surface area (Å²) in [5, 5.41) is 13.8. The lowest BCUT2D eigenvalue weighted by Crippen LogP contribution is -2.38. The summed E-state index contributed by atoms with van der Waals surface area (Å²) in [4.78, 5) is 34.5. The number of benzene rings is 2. The zero-order valence-electron chi connectivity index (χ0n) is 17.2. The van der Waals surface area contributed by atoms with Gasteiger partial charge in [0.15, 0.2) is 6.61 Å². The summed E-state index contributed by atoms with van der Waals surface area (Å²) in [6.07, 6.45) is 5.01. The number of nitro benzene ring substituents is 1. The Labute approximate surface area is 185 Å². The molecule has 0 bridgehead atoms. The van der Waals surface area contributed by atoms with E-state index in [-0.39, 0.29) is 27.9 Å². The molecule has 0 spiro atoms. The average molecular weight is 461 g/mol. The molecular formula is C21H23N3O7S. The van der Waals surface area contributed by atoms with Gasteiger partial charge in [-0.05, 0) is 31.0 Å². The van der Waals surface area contributed by atoms with Crippen molar-refractivity contribution >= 4 is 33.3 Å². The Kier molecular flexibility index (Phi) is 7.41. The van der Waals surface area contributed by atoms with Gasteiger partial charge in [0.25, 0.3) is 21.6 Å².